The Kier molecular flexibility index (Phi) is 8.26. The van der Waals surface area contributed by atoms with Gasteiger partial charge in [-0.1, -0.05) is 0 Å². The highest BCUT2D eigenvalue weighted by molar-refractivity contribution is 5.93. The Balaban J connectivity index is 1.64. The number of ether oxygens (including phenoxy) is 3. The van der Waals surface area contributed by atoms with Gasteiger partial charge in [0.25, 0.3) is 5.91 Å². The summed E-state index contributed by atoms with van der Waals surface area (Å²) in [5, 5.41) is 5.13. The zero-order valence-electron chi connectivity index (χ0n) is 17.2. The van der Waals surface area contributed by atoms with Gasteiger partial charge in [-0.15, -0.1) is 0 Å². The summed E-state index contributed by atoms with van der Waals surface area (Å²) >= 11 is 0. The fraction of sp³-hybridized carbons (Fsp3) is 0.550. The third-order valence-corrected chi connectivity index (χ3v) is 3.89. The first-order valence-corrected chi connectivity index (χ1v) is 9.58. The molecule has 1 fully saturated rings. The molecule has 160 valence electrons. The van der Waals surface area contributed by atoms with Crippen LogP contribution in [0.25, 0.3) is 0 Å². The monoisotopic (exact) mass is 407 g/mol. The predicted molar refractivity (Wildman–Crippen MR) is 108 cm³/mol. The molecule has 1 saturated heterocycles. The Morgan fingerprint density at radius 2 is 1.76 bits per heavy atom. The molecule has 0 atom stereocenters. The number of hydrogen-bond acceptors (Lipinski definition) is 7. The third kappa shape index (κ3) is 8.82. The van der Waals surface area contributed by atoms with E-state index in [0.29, 0.717) is 18.9 Å². The molecule has 0 aromatic heterocycles. The number of hydrogen-bond donors (Lipinski definition) is 2. The summed E-state index contributed by atoms with van der Waals surface area (Å²) in [6.07, 6.45) is -0.663. The predicted octanol–water partition coefficient (Wildman–Crippen LogP) is 1.92. The fourth-order valence-corrected chi connectivity index (χ4v) is 2.57. The van der Waals surface area contributed by atoms with Crippen molar-refractivity contribution >= 4 is 29.3 Å². The molecule has 0 bridgehead atoms. The van der Waals surface area contributed by atoms with E-state index in [4.69, 9.17) is 14.2 Å². The first-order chi connectivity index (χ1) is 13.7. The molecular formula is C20H29N3O6. The fourth-order valence-electron chi connectivity index (χ4n) is 2.57. The van der Waals surface area contributed by atoms with Crippen LogP contribution in [0.5, 0.6) is 0 Å². The van der Waals surface area contributed by atoms with Crippen LogP contribution in [0.2, 0.25) is 0 Å². The van der Waals surface area contributed by atoms with Gasteiger partial charge in [-0.05, 0) is 45.0 Å². The summed E-state index contributed by atoms with van der Waals surface area (Å²) in [6.45, 7) is 8.00. The lowest BCUT2D eigenvalue weighted by atomic mass is 10.2. The molecule has 0 unspecified atom stereocenters. The number of alkyl carbamates (subject to hydrolysis) is 1. The lowest BCUT2D eigenvalue weighted by molar-refractivity contribution is -0.147. The molecule has 2 amide bonds. The highest BCUT2D eigenvalue weighted by Gasteiger charge is 2.16. The number of rotatable bonds is 7. The van der Waals surface area contributed by atoms with Crippen LogP contribution < -0.4 is 15.5 Å². The van der Waals surface area contributed by atoms with E-state index in [1.807, 2.05) is 12.1 Å². The number of morpholine rings is 1. The van der Waals surface area contributed by atoms with Crippen molar-refractivity contribution in [2.24, 2.45) is 0 Å². The van der Waals surface area contributed by atoms with Gasteiger partial charge in [0.1, 0.15) is 5.60 Å². The van der Waals surface area contributed by atoms with Gasteiger partial charge in [-0.2, -0.15) is 0 Å². The second-order valence-electron chi connectivity index (χ2n) is 7.53. The highest BCUT2D eigenvalue weighted by atomic mass is 16.6. The van der Waals surface area contributed by atoms with Crippen LogP contribution in [-0.2, 0) is 23.8 Å². The number of anilines is 2. The van der Waals surface area contributed by atoms with Gasteiger partial charge in [-0.3, -0.25) is 9.59 Å². The largest absolute Gasteiger partial charge is 0.456 e. The minimum Gasteiger partial charge on any atom is -0.456 e. The summed E-state index contributed by atoms with van der Waals surface area (Å²) in [5.41, 5.74) is 1.08. The number of nitrogens with one attached hydrogen (secondary N) is 2. The Morgan fingerprint density at radius 1 is 1.10 bits per heavy atom. The van der Waals surface area contributed by atoms with Crippen LogP contribution in [-0.4, -0.2) is 63.0 Å². The van der Waals surface area contributed by atoms with Gasteiger partial charge < -0.3 is 29.7 Å². The Bertz CT molecular complexity index is 693. The molecule has 1 heterocycles. The lowest BCUT2D eigenvalue weighted by Gasteiger charge is -2.28. The minimum atomic E-state index is -0.608. The van der Waals surface area contributed by atoms with Crippen molar-refractivity contribution in [3.8, 4) is 0 Å². The van der Waals surface area contributed by atoms with Crippen molar-refractivity contribution in [1.29, 1.82) is 0 Å². The molecule has 0 saturated carbocycles. The number of amides is 2. The van der Waals surface area contributed by atoms with Crippen LogP contribution in [0, 0.1) is 0 Å². The number of esters is 1. The molecule has 9 nitrogen and oxygen atoms in total. The number of carbonyl (C=O) groups is 3. The Labute approximate surface area is 170 Å². The van der Waals surface area contributed by atoms with Crippen molar-refractivity contribution in [2.45, 2.75) is 32.8 Å². The SMILES string of the molecule is CC(C)(C)OC(=O)NCCC(=O)OCC(=O)Nc1ccc(N2CCOCC2)cc1. The standard InChI is InChI=1S/C20H29N3O6/c1-20(2,3)29-19(26)21-9-8-18(25)28-14-17(24)22-15-4-6-16(7-5-15)23-10-12-27-13-11-23/h4-7H,8-14H2,1-3H3,(H,21,26)(H,22,24). The summed E-state index contributed by atoms with van der Waals surface area (Å²) in [4.78, 5) is 37.3. The lowest BCUT2D eigenvalue weighted by Crippen LogP contribution is -2.36. The Morgan fingerprint density at radius 3 is 2.38 bits per heavy atom. The first kappa shape index (κ1) is 22.5. The quantitative estimate of drug-likeness (QED) is 0.665. The molecule has 1 aliphatic rings. The average molecular weight is 407 g/mol. The molecule has 0 aliphatic carbocycles. The van der Waals surface area contributed by atoms with E-state index in [9.17, 15) is 14.4 Å². The van der Waals surface area contributed by atoms with Crippen molar-refractivity contribution < 1.29 is 28.6 Å². The zero-order valence-corrected chi connectivity index (χ0v) is 17.2. The molecule has 1 aromatic carbocycles. The minimum absolute atomic E-state index is 0.0548. The summed E-state index contributed by atoms with van der Waals surface area (Å²) in [6, 6.07) is 7.45. The van der Waals surface area contributed by atoms with E-state index < -0.39 is 30.2 Å². The van der Waals surface area contributed by atoms with Gasteiger partial charge >= 0.3 is 12.1 Å². The maximum Gasteiger partial charge on any atom is 0.407 e. The number of benzene rings is 1. The van der Waals surface area contributed by atoms with E-state index in [1.54, 1.807) is 32.9 Å². The van der Waals surface area contributed by atoms with Crippen molar-refractivity contribution in [3.63, 3.8) is 0 Å². The molecule has 1 aliphatic heterocycles. The highest BCUT2D eigenvalue weighted by Crippen LogP contribution is 2.19. The molecule has 9 heteroatoms. The summed E-state index contributed by atoms with van der Waals surface area (Å²) in [5.74, 6) is -1.02. The van der Waals surface area contributed by atoms with Crippen molar-refractivity contribution in [2.75, 3.05) is 49.7 Å². The second-order valence-corrected chi connectivity index (χ2v) is 7.53. The van der Waals surface area contributed by atoms with Gasteiger partial charge in [0.2, 0.25) is 0 Å². The number of carbonyl (C=O) groups excluding carboxylic acids is 3. The van der Waals surface area contributed by atoms with Crippen LogP contribution in [0.1, 0.15) is 27.2 Å². The second kappa shape index (κ2) is 10.7. The van der Waals surface area contributed by atoms with E-state index >= 15 is 0 Å². The maximum absolute atomic E-state index is 11.9. The van der Waals surface area contributed by atoms with Gasteiger partial charge in [0.05, 0.1) is 19.6 Å². The zero-order chi connectivity index (χ0) is 21.3. The van der Waals surface area contributed by atoms with E-state index in [0.717, 1.165) is 18.8 Å². The smallest absolute Gasteiger partial charge is 0.407 e. The third-order valence-electron chi connectivity index (χ3n) is 3.89. The molecule has 0 radical (unpaired) electrons. The van der Waals surface area contributed by atoms with Crippen LogP contribution >= 0.6 is 0 Å². The molecule has 1 aromatic rings. The van der Waals surface area contributed by atoms with Crippen molar-refractivity contribution in [3.05, 3.63) is 24.3 Å². The topological polar surface area (TPSA) is 106 Å². The molecule has 2 rings (SSSR count). The van der Waals surface area contributed by atoms with Gasteiger partial charge in [0.15, 0.2) is 6.61 Å². The van der Waals surface area contributed by atoms with Crippen LogP contribution in [0.15, 0.2) is 24.3 Å². The van der Waals surface area contributed by atoms with Crippen molar-refractivity contribution in [1.82, 2.24) is 5.32 Å². The van der Waals surface area contributed by atoms with Gasteiger partial charge in [-0.25, -0.2) is 4.79 Å². The molecule has 0 spiro atoms. The van der Waals surface area contributed by atoms with E-state index in [2.05, 4.69) is 15.5 Å². The first-order valence-electron chi connectivity index (χ1n) is 9.58. The summed E-state index contributed by atoms with van der Waals surface area (Å²) in [7, 11) is 0. The normalized spacial score (nSPS) is 14.1. The maximum atomic E-state index is 11.9. The molecule has 29 heavy (non-hydrogen) atoms. The average Bonchev–Trinajstić information content (AvgIpc) is 2.66. The molecular weight excluding hydrogens is 378 g/mol. The summed E-state index contributed by atoms with van der Waals surface area (Å²) < 4.78 is 15.3. The van der Waals surface area contributed by atoms with E-state index in [1.165, 1.54) is 0 Å². The van der Waals surface area contributed by atoms with Crippen LogP contribution in [0.3, 0.4) is 0 Å². The Hall–Kier alpha value is -2.81. The molecule has 2 N–H and O–H groups in total. The van der Waals surface area contributed by atoms with Crippen LogP contribution in [0.4, 0.5) is 16.2 Å². The van der Waals surface area contributed by atoms with Gasteiger partial charge in [0, 0.05) is 31.0 Å². The number of nitrogens with zero attached hydrogens (tertiary/aromatic N) is 1. The van der Waals surface area contributed by atoms with E-state index in [-0.39, 0.29) is 13.0 Å².